The fourth-order valence-corrected chi connectivity index (χ4v) is 4.17. The van der Waals surface area contributed by atoms with Gasteiger partial charge in [0.05, 0.1) is 0 Å². The Labute approximate surface area is 146 Å². The first-order valence-electron chi connectivity index (χ1n) is 5.61. The normalized spacial score (nSPS) is 11.5. The van der Waals surface area contributed by atoms with Gasteiger partial charge in [0.2, 0.25) is 0 Å². The Morgan fingerprint density at radius 2 is 1.67 bits per heavy atom. The minimum absolute atomic E-state index is 0.0204. The monoisotopic (exact) mass is 425 g/mol. The Morgan fingerprint density at radius 3 is 2.14 bits per heavy atom. The van der Waals surface area contributed by atoms with Crippen molar-refractivity contribution < 1.29 is 9.59 Å². The molecule has 1 amide bonds. The second kappa shape index (κ2) is 7.58. The van der Waals surface area contributed by atoms with Crippen LogP contribution in [0, 0.1) is 0 Å². The number of ketones is 1. The van der Waals surface area contributed by atoms with Crippen LogP contribution in [0.1, 0.15) is 19.3 Å². The number of thiophene rings is 2. The van der Waals surface area contributed by atoms with Gasteiger partial charge < -0.3 is 0 Å². The molecule has 1 N–H and O–H groups in total. The van der Waals surface area contributed by atoms with Crippen LogP contribution >= 0.6 is 45.9 Å². The van der Waals surface area contributed by atoms with Crippen molar-refractivity contribution in [2.75, 3.05) is 0 Å². The fourth-order valence-electron chi connectivity index (χ4n) is 1.39. The molecule has 110 valence electrons. The molecule has 0 fully saturated rings. The van der Waals surface area contributed by atoms with Gasteiger partial charge in [-0.1, -0.05) is 0 Å². The zero-order valence-corrected chi connectivity index (χ0v) is 15.5. The summed E-state index contributed by atoms with van der Waals surface area (Å²) in [5, 5.41) is 2.76. The predicted octanol–water partition coefficient (Wildman–Crippen LogP) is 4.32. The molecule has 0 aliphatic rings. The zero-order valence-electron chi connectivity index (χ0n) is 10.7. The number of rotatable bonds is 5. The van der Waals surface area contributed by atoms with Gasteiger partial charge in [0, 0.05) is 0 Å². The van der Waals surface area contributed by atoms with Crippen LogP contribution in [0.5, 0.6) is 0 Å². The van der Waals surface area contributed by atoms with Gasteiger partial charge in [0.25, 0.3) is 0 Å². The number of carbonyl (C=O) groups excluding carboxylic acids is 2. The number of nitrogens with one attached hydrogen (secondary N) is 1. The van der Waals surface area contributed by atoms with Crippen LogP contribution in [0.25, 0.3) is 0 Å². The van der Waals surface area contributed by atoms with Crippen LogP contribution in [0.4, 0.5) is 0 Å². The molecule has 0 unspecified atom stereocenters. The third-order valence-electron chi connectivity index (χ3n) is 2.33. The molecule has 2 rings (SSSR count). The molecule has 8 heteroatoms. The van der Waals surface area contributed by atoms with E-state index in [1.54, 1.807) is 24.3 Å². The van der Waals surface area contributed by atoms with Gasteiger partial charge in [-0.3, -0.25) is 0 Å². The summed E-state index contributed by atoms with van der Waals surface area (Å²) in [5.41, 5.74) is 0. The molecule has 0 saturated heterocycles. The van der Waals surface area contributed by atoms with Gasteiger partial charge in [-0.15, -0.1) is 0 Å². The molecule has 3 nitrogen and oxygen atoms in total. The second-order valence-corrected chi connectivity index (χ2v) is 8.95. The van der Waals surface area contributed by atoms with E-state index < -0.39 is 0 Å². The van der Waals surface area contributed by atoms with Crippen molar-refractivity contribution in [2.24, 2.45) is 0 Å². The van der Waals surface area contributed by atoms with Gasteiger partial charge >= 0.3 is 147 Å². The van der Waals surface area contributed by atoms with Crippen molar-refractivity contribution in [3.63, 3.8) is 0 Å². The molecular weight excluding hydrogens is 416 g/mol. The number of allylic oxidation sites excluding steroid dienone is 1. The molecule has 2 heterocycles. The van der Waals surface area contributed by atoms with Crippen LogP contribution in [0.3, 0.4) is 0 Å². The summed E-state index contributed by atoms with van der Waals surface area (Å²) in [7, 11) is 0. The molecule has 21 heavy (non-hydrogen) atoms. The van der Waals surface area contributed by atoms with E-state index in [4.69, 9.17) is 23.2 Å². The van der Waals surface area contributed by atoms with E-state index >= 15 is 0 Å². The number of hydrogen-bond acceptors (Lipinski definition) is 4. The molecule has 0 atom stereocenters. The van der Waals surface area contributed by atoms with Gasteiger partial charge in [0.1, 0.15) is 0 Å². The maximum absolute atomic E-state index is 12.1. The summed E-state index contributed by atoms with van der Waals surface area (Å²) in [6.07, 6.45) is 1.45. The summed E-state index contributed by atoms with van der Waals surface area (Å²) < 4.78 is 1.73. The summed E-state index contributed by atoms with van der Waals surface area (Å²) in [6, 6.07) is 6.67. The summed E-state index contributed by atoms with van der Waals surface area (Å²) in [4.78, 5) is 25.2. The van der Waals surface area contributed by atoms with Crippen molar-refractivity contribution in [2.45, 2.75) is 5.82 Å². The Bertz CT molecular complexity index is 709. The van der Waals surface area contributed by atoms with Crippen molar-refractivity contribution in [1.29, 1.82) is 0 Å². The fraction of sp³-hybridized carbons (Fsp3) is 0.0769. The van der Waals surface area contributed by atoms with Gasteiger partial charge in [-0.25, -0.2) is 0 Å². The summed E-state index contributed by atoms with van der Waals surface area (Å²) >= 11 is 14.0. The van der Waals surface area contributed by atoms with Crippen LogP contribution in [0.2, 0.25) is 14.5 Å². The van der Waals surface area contributed by atoms with Gasteiger partial charge in [-0.05, 0) is 0 Å². The topological polar surface area (TPSA) is 46.2 Å². The van der Waals surface area contributed by atoms with E-state index in [2.05, 4.69) is 5.32 Å². The number of carbonyl (C=O) groups is 2. The molecule has 2 aromatic rings. The van der Waals surface area contributed by atoms with Crippen LogP contribution in [-0.2, 0) is 0 Å². The Morgan fingerprint density at radius 1 is 1.10 bits per heavy atom. The van der Waals surface area contributed by atoms with Crippen LogP contribution in [-0.4, -0.2) is 26.6 Å². The van der Waals surface area contributed by atoms with E-state index in [1.165, 1.54) is 28.7 Å². The Hall–Kier alpha value is -0.621. The number of hydrogen-bond donors (Lipinski definition) is 1. The molecule has 0 aromatic carbocycles. The first-order valence-corrected chi connectivity index (χ1v) is 10.6. The first kappa shape index (κ1) is 16.7. The van der Waals surface area contributed by atoms with E-state index in [1.807, 2.05) is 5.82 Å². The first-order chi connectivity index (χ1) is 9.99. The van der Waals surface area contributed by atoms with Gasteiger partial charge in [-0.2, -0.15) is 0 Å². The average Bonchev–Trinajstić information content (AvgIpc) is 3.06. The molecule has 2 aromatic heterocycles. The van der Waals surface area contributed by atoms with E-state index in [0.717, 1.165) is 0 Å². The quantitative estimate of drug-likeness (QED) is 0.441. The third kappa shape index (κ3) is 4.68. The molecule has 0 spiro atoms. The standard InChI is InChI=1S/C13H9Cl2NO2S2Se/c1-21-12(6-7(17)8-2-4-10(14)19-8)16-13(18)9-3-5-11(15)20-9/h2-6H,1H3,(H,16,18)/b12-6-. The maximum atomic E-state index is 12.1. The van der Waals surface area contributed by atoms with Crippen molar-refractivity contribution >= 4 is 72.5 Å². The van der Waals surface area contributed by atoms with Crippen molar-refractivity contribution in [3.05, 3.63) is 53.4 Å². The predicted molar refractivity (Wildman–Crippen MR) is 90.2 cm³/mol. The van der Waals surface area contributed by atoms with E-state index in [9.17, 15) is 9.59 Å². The van der Waals surface area contributed by atoms with E-state index in [0.29, 0.717) is 23.0 Å². The average molecular weight is 425 g/mol. The molecular formula is C13H9Cl2NO2S2Se. The Balaban J connectivity index is 2.10. The summed E-state index contributed by atoms with van der Waals surface area (Å²) in [5.74, 6) is 1.52. The molecule has 0 aliphatic carbocycles. The summed E-state index contributed by atoms with van der Waals surface area (Å²) in [6.45, 7) is 0. The third-order valence-corrected chi connectivity index (χ3v) is 6.19. The van der Waals surface area contributed by atoms with Crippen molar-refractivity contribution in [1.82, 2.24) is 5.32 Å². The molecule has 0 bridgehead atoms. The second-order valence-electron chi connectivity index (χ2n) is 3.74. The van der Waals surface area contributed by atoms with Gasteiger partial charge in [0.15, 0.2) is 0 Å². The molecule has 0 saturated carbocycles. The van der Waals surface area contributed by atoms with Crippen LogP contribution < -0.4 is 5.32 Å². The minimum atomic E-state index is -0.251. The number of halogens is 2. The van der Waals surface area contributed by atoms with E-state index in [-0.39, 0.29) is 26.6 Å². The Kier molecular flexibility index (Phi) is 6.05. The molecule has 0 aliphatic heterocycles. The number of amides is 1. The van der Waals surface area contributed by atoms with Crippen molar-refractivity contribution in [3.8, 4) is 0 Å². The SMILES string of the molecule is C[Se]/C(=C\C(=O)c1ccc(Cl)s1)NC(=O)c1ccc(Cl)s1. The zero-order chi connectivity index (χ0) is 15.4. The van der Waals surface area contributed by atoms with Crippen LogP contribution in [0.15, 0.2) is 34.9 Å². The molecule has 0 radical (unpaired) electrons.